The number of benzene rings is 10. The normalized spacial score (nSPS) is 14.7. The molecule has 66 heavy (non-hydrogen) atoms. The van der Waals surface area contributed by atoms with Crippen molar-refractivity contribution in [1.29, 1.82) is 0 Å². The summed E-state index contributed by atoms with van der Waals surface area (Å²) in [6, 6.07) is 82.6. The number of rotatable bonds is 3. The zero-order valence-corrected chi connectivity index (χ0v) is 36.4. The van der Waals surface area contributed by atoms with Crippen molar-refractivity contribution < 1.29 is 9.15 Å². The van der Waals surface area contributed by atoms with Crippen LogP contribution in [0.15, 0.2) is 239 Å². The van der Waals surface area contributed by atoms with Crippen molar-refractivity contribution >= 4 is 50.8 Å². The van der Waals surface area contributed by atoms with Crippen molar-refractivity contribution in [3.8, 4) is 33.8 Å². The maximum absolute atomic E-state index is 6.68. The Hall–Kier alpha value is -8.05. The first kappa shape index (κ1) is 36.3. The number of para-hydroxylation sites is 3. The van der Waals surface area contributed by atoms with Gasteiger partial charge in [0.1, 0.15) is 22.7 Å². The Morgan fingerprint density at radius 1 is 0.348 bits per heavy atom. The summed E-state index contributed by atoms with van der Waals surface area (Å²) in [6.07, 6.45) is 0. The van der Waals surface area contributed by atoms with E-state index >= 15 is 0 Å². The van der Waals surface area contributed by atoms with Gasteiger partial charge in [0.15, 0.2) is 0 Å². The quantitative estimate of drug-likeness (QED) is 0.177. The third-order valence-corrected chi connectivity index (χ3v) is 15.9. The molecule has 2 spiro atoms. The van der Waals surface area contributed by atoms with E-state index in [9.17, 15) is 0 Å². The van der Waals surface area contributed by atoms with Crippen molar-refractivity contribution in [2.24, 2.45) is 0 Å². The lowest BCUT2D eigenvalue weighted by Gasteiger charge is -2.40. The molecule has 0 radical (unpaired) electrons. The summed E-state index contributed by atoms with van der Waals surface area (Å²) < 4.78 is 13.1. The third kappa shape index (κ3) is 4.54. The molecule has 10 aromatic carbocycles. The highest BCUT2D eigenvalue weighted by Gasteiger charge is 2.53. The summed E-state index contributed by atoms with van der Waals surface area (Å²) in [4.78, 5) is 5.09. The van der Waals surface area contributed by atoms with E-state index in [1.807, 2.05) is 17.8 Å². The molecular weight excluding hydrogens is 823 g/mol. The molecule has 0 amide bonds. The molecule has 0 saturated carbocycles. The molecule has 0 unspecified atom stereocenters. The van der Waals surface area contributed by atoms with Crippen LogP contribution in [0.4, 0.5) is 17.1 Å². The van der Waals surface area contributed by atoms with Crippen LogP contribution in [0.5, 0.6) is 11.5 Å². The van der Waals surface area contributed by atoms with Crippen molar-refractivity contribution in [1.82, 2.24) is 0 Å². The van der Waals surface area contributed by atoms with E-state index < -0.39 is 10.8 Å². The minimum Gasteiger partial charge on any atom is -0.457 e. The van der Waals surface area contributed by atoms with Gasteiger partial charge in [0, 0.05) is 48.6 Å². The fourth-order valence-corrected chi connectivity index (χ4v) is 13.5. The van der Waals surface area contributed by atoms with Crippen LogP contribution in [0.3, 0.4) is 0 Å². The SMILES string of the molecule is c1ccc2c(c1)Oc1ccccc1C21c2ccccc2-c2cc(N(c3ccc4oc5ccccc5c4c3)c3cccc4c3-c3ccccc3C43c4ccccc4Sc4ccccc43)ccc21. The summed E-state index contributed by atoms with van der Waals surface area (Å²) in [5, 5.41) is 2.19. The highest BCUT2D eigenvalue weighted by molar-refractivity contribution is 7.99. The number of fused-ring (bicyclic) bond motifs is 21. The molecule has 1 aromatic heterocycles. The summed E-state index contributed by atoms with van der Waals surface area (Å²) in [5.41, 5.74) is 19.0. The van der Waals surface area contributed by atoms with Crippen LogP contribution in [-0.2, 0) is 10.8 Å². The Labute approximate surface area is 386 Å². The average molecular weight is 860 g/mol. The van der Waals surface area contributed by atoms with Crippen molar-refractivity contribution in [2.75, 3.05) is 4.90 Å². The molecule has 4 heteroatoms. The average Bonchev–Trinajstić information content (AvgIpc) is 4.00. The topological polar surface area (TPSA) is 25.6 Å². The molecular formula is C62H37NO2S. The van der Waals surface area contributed by atoms with Crippen molar-refractivity contribution in [3.05, 3.63) is 269 Å². The van der Waals surface area contributed by atoms with Gasteiger partial charge < -0.3 is 14.1 Å². The number of hydrogen-bond donors (Lipinski definition) is 0. The number of nitrogens with zero attached hydrogens (tertiary/aromatic N) is 1. The molecule has 308 valence electrons. The maximum atomic E-state index is 6.68. The van der Waals surface area contributed by atoms with Crippen LogP contribution in [0.1, 0.15) is 44.5 Å². The van der Waals surface area contributed by atoms with Crippen LogP contribution in [0.25, 0.3) is 44.2 Å². The van der Waals surface area contributed by atoms with Crippen molar-refractivity contribution in [2.45, 2.75) is 20.6 Å². The van der Waals surface area contributed by atoms with E-state index in [4.69, 9.17) is 9.15 Å². The van der Waals surface area contributed by atoms with Gasteiger partial charge in [-0.1, -0.05) is 169 Å². The van der Waals surface area contributed by atoms with E-state index in [1.165, 1.54) is 65.4 Å². The second kappa shape index (κ2) is 13.3. The molecule has 3 heterocycles. The van der Waals surface area contributed by atoms with Crippen LogP contribution in [-0.4, -0.2) is 0 Å². The van der Waals surface area contributed by atoms with E-state index in [0.717, 1.165) is 61.6 Å². The number of furan rings is 1. The molecule has 0 saturated heterocycles. The van der Waals surface area contributed by atoms with Gasteiger partial charge in [-0.15, -0.1) is 0 Å². The second-order valence-corrected chi connectivity index (χ2v) is 18.9. The number of ether oxygens (including phenoxy) is 1. The first-order valence-corrected chi connectivity index (χ1v) is 23.5. The van der Waals surface area contributed by atoms with Gasteiger partial charge in [0.05, 0.1) is 16.5 Å². The van der Waals surface area contributed by atoms with Crippen LogP contribution in [0.2, 0.25) is 0 Å². The molecule has 2 aliphatic heterocycles. The lowest BCUT2D eigenvalue weighted by molar-refractivity contribution is 0.436. The molecule has 0 atom stereocenters. The van der Waals surface area contributed by atoms with Gasteiger partial charge in [-0.2, -0.15) is 0 Å². The van der Waals surface area contributed by atoms with E-state index in [1.54, 1.807) is 0 Å². The van der Waals surface area contributed by atoms with Crippen LogP contribution < -0.4 is 9.64 Å². The Balaban J connectivity index is 1.03. The van der Waals surface area contributed by atoms with Gasteiger partial charge >= 0.3 is 0 Å². The first-order chi connectivity index (χ1) is 32.7. The molecule has 4 aliphatic rings. The van der Waals surface area contributed by atoms with Gasteiger partial charge in [0.2, 0.25) is 0 Å². The summed E-state index contributed by atoms with van der Waals surface area (Å²) in [5.74, 6) is 1.78. The predicted octanol–water partition coefficient (Wildman–Crippen LogP) is 16.4. The van der Waals surface area contributed by atoms with E-state index in [0.29, 0.717) is 0 Å². The summed E-state index contributed by atoms with van der Waals surface area (Å²) in [6.45, 7) is 0. The molecule has 0 fully saturated rings. The first-order valence-electron chi connectivity index (χ1n) is 22.7. The Morgan fingerprint density at radius 2 is 0.864 bits per heavy atom. The molecule has 15 rings (SSSR count). The monoisotopic (exact) mass is 859 g/mol. The van der Waals surface area contributed by atoms with Gasteiger partial charge in [-0.25, -0.2) is 0 Å². The molecule has 2 aliphatic carbocycles. The number of anilines is 3. The third-order valence-electron chi connectivity index (χ3n) is 14.8. The Kier molecular flexibility index (Phi) is 7.29. The zero-order valence-electron chi connectivity index (χ0n) is 35.5. The standard InChI is InChI=1S/C62H37NO2S/c1-4-19-45-40(16-1)43-36-38(32-34-47(43)61(45)48-21-6-11-28-56(48)65-57-29-12-7-22-49(57)61)63(39-33-35-55-44(37-39)41-17-3-10-27-54(41)64-55)53-26-15-25-52-60(53)42-18-2-5-20-46(42)62(52)50-23-8-13-30-58(50)66-59-31-14-9-24-51(59)62/h1-37H. The second-order valence-electron chi connectivity index (χ2n) is 17.8. The molecule has 3 nitrogen and oxygen atoms in total. The predicted molar refractivity (Wildman–Crippen MR) is 267 cm³/mol. The summed E-state index contributed by atoms with van der Waals surface area (Å²) in [7, 11) is 0. The largest absolute Gasteiger partial charge is 0.457 e. The fraction of sp³-hybridized carbons (Fsp3) is 0.0323. The highest BCUT2D eigenvalue weighted by atomic mass is 32.2. The fourth-order valence-electron chi connectivity index (χ4n) is 12.3. The molecule has 11 aromatic rings. The minimum absolute atomic E-state index is 0.510. The van der Waals surface area contributed by atoms with Crippen molar-refractivity contribution in [3.63, 3.8) is 0 Å². The Morgan fingerprint density at radius 3 is 1.61 bits per heavy atom. The van der Waals surface area contributed by atoms with E-state index in [-0.39, 0.29) is 0 Å². The number of hydrogen-bond acceptors (Lipinski definition) is 4. The molecule has 0 bridgehead atoms. The van der Waals surface area contributed by atoms with Gasteiger partial charge in [-0.05, 0) is 117 Å². The lowest BCUT2D eigenvalue weighted by Crippen LogP contribution is -2.32. The lowest BCUT2D eigenvalue weighted by atomic mass is 9.66. The maximum Gasteiger partial charge on any atom is 0.135 e. The zero-order chi connectivity index (χ0) is 43.1. The molecule has 0 N–H and O–H groups in total. The van der Waals surface area contributed by atoms with Crippen LogP contribution >= 0.6 is 11.8 Å². The van der Waals surface area contributed by atoms with Gasteiger partial charge in [0.25, 0.3) is 0 Å². The minimum atomic E-state index is -0.561. The van der Waals surface area contributed by atoms with Crippen LogP contribution in [0, 0.1) is 0 Å². The summed E-state index contributed by atoms with van der Waals surface area (Å²) >= 11 is 1.88. The smallest absolute Gasteiger partial charge is 0.135 e. The highest BCUT2D eigenvalue weighted by Crippen LogP contribution is 2.66. The van der Waals surface area contributed by atoms with Gasteiger partial charge in [-0.3, -0.25) is 0 Å². The van der Waals surface area contributed by atoms with E-state index in [2.05, 4.69) is 223 Å². The Bertz CT molecular complexity index is 3790.